The van der Waals surface area contributed by atoms with Crippen molar-refractivity contribution >= 4 is 22.5 Å². The number of ether oxygens (including phenoxy) is 1. The number of amides is 1. The van der Waals surface area contributed by atoms with Crippen LogP contribution in [0.3, 0.4) is 0 Å². The van der Waals surface area contributed by atoms with E-state index in [-0.39, 0.29) is 11.6 Å². The van der Waals surface area contributed by atoms with Crippen LogP contribution in [0.4, 0.5) is 5.69 Å². The Bertz CT molecular complexity index is 911. The van der Waals surface area contributed by atoms with Crippen LogP contribution in [-0.2, 0) is 7.05 Å². The monoisotopic (exact) mass is 323 g/mol. The first-order valence-electron chi connectivity index (χ1n) is 7.57. The third kappa shape index (κ3) is 2.86. The van der Waals surface area contributed by atoms with Crippen molar-refractivity contribution in [2.24, 2.45) is 17.3 Å². The summed E-state index contributed by atoms with van der Waals surface area (Å²) >= 11 is 0. The first kappa shape index (κ1) is 15.7. The summed E-state index contributed by atoms with van der Waals surface area (Å²) in [7, 11) is 1.73. The Labute approximate surface area is 139 Å². The average molecular weight is 323 g/mol. The van der Waals surface area contributed by atoms with Crippen molar-refractivity contribution in [3.63, 3.8) is 0 Å². The number of carbonyl (C=O) groups is 1. The minimum atomic E-state index is -0.481. The Hall–Kier alpha value is -3.15. The van der Waals surface area contributed by atoms with Gasteiger partial charge in [0.05, 0.1) is 12.1 Å². The van der Waals surface area contributed by atoms with Crippen molar-refractivity contribution in [2.75, 3.05) is 6.61 Å². The molecule has 3 rings (SSSR count). The number of rotatable bonds is 4. The standard InChI is InChI=1S/C18H17N3O3/c1-3-24-13-10-8-12(9-11-13)17(22)20-19-16-14-6-4-5-7-15(14)21(2)18(16)23/h4-11,23H,3H2,1-2H3. The highest BCUT2D eigenvalue weighted by atomic mass is 16.5. The van der Waals surface area contributed by atoms with Gasteiger partial charge in [-0.15, -0.1) is 10.2 Å². The number of benzene rings is 2. The molecule has 0 radical (unpaired) electrons. The van der Waals surface area contributed by atoms with Crippen LogP contribution in [0.5, 0.6) is 11.6 Å². The number of azo groups is 1. The number of aromatic hydroxyl groups is 1. The van der Waals surface area contributed by atoms with Crippen molar-refractivity contribution < 1.29 is 14.6 Å². The van der Waals surface area contributed by atoms with Crippen LogP contribution in [0.25, 0.3) is 10.9 Å². The number of fused-ring (bicyclic) bond motifs is 1. The number of carbonyl (C=O) groups excluding carboxylic acids is 1. The third-order valence-corrected chi connectivity index (χ3v) is 3.70. The number of aromatic nitrogens is 1. The smallest absolute Gasteiger partial charge is 0.295 e. The minimum absolute atomic E-state index is 0.0283. The quantitative estimate of drug-likeness (QED) is 0.731. The highest BCUT2D eigenvalue weighted by Crippen LogP contribution is 2.37. The third-order valence-electron chi connectivity index (χ3n) is 3.70. The minimum Gasteiger partial charge on any atom is -0.494 e. The van der Waals surface area contributed by atoms with E-state index in [4.69, 9.17) is 4.74 Å². The largest absolute Gasteiger partial charge is 0.494 e. The van der Waals surface area contributed by atoms with Gasteiger partial charge in [-0.1, -0.05) is 18.2 Å². The summed E-state index contributed by atoms with van der Waals surface area (Å²) in [5, 5.41) is 18.6. The van der Waals surface area contributed by atoms with Crippen LogP contribution in [0, 0.1) is 0 Å². The molecule has 0 spiro atoms. The van der Waals surface area contributed by atoms with Crippen molar-refractivity contribution in [3.8, 4) is 11.6 Å². The summed E-state index contributed by atoms with van der Waals surface area (Å²) in [5.41, 5.74) is 1.51. The molecule has 3 aromatic rings. The van der Waals surface area contributed by atoms with Gasteiger partial charge in [0.25, 0.3) is 5.91 Å². The van der Waals surface area contributed by atoms with Crippen LogP contribution in [-0.4, -0.2) is 22.2 Å². The molecule has 24 heavy (non-hydrogen) atoms. The molecule has 0 saturated carbocycles. The first-order chi connectivity index (χ1) is 11.6. The lowest BCUT2D eigenvalue weighted by molar-refractivity contribution is 0.0995. The lowest BCUT2D eigenvalue weighted by Gasteiger charge is -2.02. The fraction of sp³-hybridized carbons (Fsp3) is 0.167. The van der Waals surface area contributed by atoms with E-state index in [1.54, 1.807) is 35.9 Å². The normalized spacial score (nSPS) is 11.2. The second-order valence-electron chi connectivity index (χ2n) is 5.21. The van der Waals surface area contributed by atoms with E-state index >= 15 is 0 Å². The molecule has 1 amide bonds. The van der Waals surface area contributed by atoms with Gasteiger partial charge in [-0.05, 0) is 37.3 Å². The zero-order valence-electron chi connectivity index (χ0n) is 13.4. The Morgan fingerprint density at radius 1 is 1.17 bits per heavy atom. The fourth-order valence-electron chi connectivity index (χ4n) is 2.47. The molecule has 122 valence electrons. The SMILES string of the molecule is CCOc1ccc(C(=O)N=Nc2c(O)n(C)c3ccccc23)cc1. The van der Waals surface area contributed by atoms with Gasteiger partial charge in [0.15, 0.2) is 5.69 Å². The highest BCUT2D eigenvalue weighted by Gasteiger charge is 2.14. The van der Waals surface area contributed by atoms with Gasteiger partial charge >= 0.3 is 0 Å². The number of nitrogens with zero attached hydrogens (tertiary/aromatic N) is 3. The van der Waals surface area contributed by atoms with Crippen molar-refractivity contribution in [2.45, 2.75) is 6.92 Å². The van der Waals surface area contributed by atoms with E-state index < -0.39 is 5.91 Å². The fourth-order valence-corrected chi connectivity index (χ4v) is 2.47. The molecule has 0 bridgehead atoms. The maximum absolute atomic E-state index is 12.2. The Balaban J connectivity index is 1.88. The summed E-state index contributed by atoms with van der Waals surface area (Å²) in [6.45, 7) is 2.46. The Kier molecular flexibility index (Phi) is 4.29. The van der Waals surface area contributed by atoms with E-state index in [0.717, 1.165) is 10.9 Å². The van der Waals surface area contributed by atoms with Gasteiger partial charge in [0.1, 0.15) is 5.75 Å². The van der Waals surface area contributed by atoms with E-state index in [1.165, 1.54) is 0 Å². The van der Waals surface area contributed by atoms with Gasteiger partial charge in [-0.3, -0.25) is 4.79 Å². The van der Waals surface area contributed by atoms with E-state index in [1.807, 2.05) is 31.2 Å². The molecule has 0 unspecified atom stereocenters. The topological polar surface area (TPSA) is 76.2 Å². The number of aryl methyl sites for hydroxylation is 1. The highest BCUT2D eigenvalue weighted by molar-refractivity contribution is 5.97. The molecule has 1 aromatic heterocycles. The maximum Gasteiger partial charge on any atom is 0.295 e. The molecule has 0 atom stereocenters. The zero-order chi connectivity index (χ0) is 17.1. The summed E-state index contributed by atoms with van der Waals surface area (Å²) in [6, 6.07) is 14.1. The van der Waals surface area contributed by atoms with Crippen LogP contribution < -0.4 is 4.74 Å². The summed E-state index contributed by atoms with van der Waals surface area (Å²) in [4.78, 5) is 12.2. The number of hydrogen-bond donors (Lipinski definition) is 1. The molecular formula is C18H17N3O3. The van der Waals surface area contributed by atoms with Crippen LogP contribution in [0.2, 0.25) is 0 Å². The van der Waals surface area contributed by atoms with Crippen LogP contribution >= 0.6 is 0 Å². The lowest BCUT2D eigenvalue weighted by Crippen LogP contribution is -1.95. The summed E-state index contributed by atoms with van der Waals surface area (Å²) in [6.07, 6.45) is 0. The van der Waals surface area contributed by atoms with E-state index in [9.17, 15) is 9.90 Å². The number of para-hydroxylation sites is 1. The molecule has 0 fully saturated rings. The van der Waals surface area contributed by atoms with Gasteiger partial charge in [0.2, 0.25) is 5.88 Å². The summed E-state index contributed by atoms with van der Waals surface area (Å²) < 4.78 is 6.94. The first-order valence-corrected chi connectivity index (χ1v) is 7.57. The molecular weight excluding hydrogens is 306 g/mol. The molecule has 6 heteroatoms. The second kappa shape index (κ2) is 6.54. The van der Waals surface area contributed by atoms with Crippen LogP contribution in [0.15, 0.2) is 58.8 Å². The molecule has 1 heterocycles. The second-order valence-corrected chi connectivity index (χ2v) is 5.21. The molecule has 0 aliphatic heterocycles. The van der Waals surface area contributed by atoms with Crippen LogP contribution in [0.1, 0.15) is 17.3 Å². The van der Waals surface area contributed by atoms with Gasteiger partial charge in [-0.2, -0.15) is 0 Å². The zero-order valence-corrected chi connectivity index (χ0v) is 13.4. The van der Waals surface area contributed by atoms with E-state index in [2.05, 4.69) is 10.2 Å². The Morgan fingerprint density at radius 3 is 2.58 bits per heavy atom. The lowest BCUT2D eigenvalue weighted by atomic mass is 10.2. The Morgan fingerprint density at radius 2 is 1.88 bits per heavy atom. The molecule has 0 aliphatic carbocycles. The van der Waals surface area contributed by atoms with E-state index in [0.29, 0.717) is 17.9 Å². The predicted molar refractivity (Wildman–Crippen MR) is 91.0 cm³/mol. The predicted octanol–water partition coefficient (Wildman–Crippen LogP) is 4.21. The summed E-state index contributed by atoms with van der Waals surface area (Å²) in [5.74, 6) is 0.183. The van der Waals surface area contributed by atoms with Gasteiger partial charge < -0.3 is 14.4 Å². The maximum atomic E-state index is 12.2. The molecule has 6 nitrogen and oxygen atoms in total. The van der Waals surface area contributed by atoms with Crippen molar-refractivity contribution in [1.29, 1.82) is 0 Å². The average Bonchev–Trinajstić information content (AvgIpc) is 2.85. The molecule has 0 saturated heterocycles. The number of hydrogen-bond acceptors (Lipinski definition) is 4. The molecule has 1 N–H and O–H groups in total. The van der Waals surface area contributed by atoms with Crippen molar-refractivity contribution in [3.05, 3.63) is 54.1 Å². The van der Waals surface area contributed by atoms with Crippen molar-refractivity contribution in [1.82, 2.24) is 4.57 Å². The molecule has 2 aromatic carbocycles. The molecule has 0 aliphatic rings. The van der Waals surface area contributed by atoms with Gasteiger partial charge in [0, 0.05) is 18.0 Å². The van der Waals surface area contributed by atoms with Gasteiger partial charge in [-0.25, -0.2) is 0 Å².